The topological polar surface area (TPSA) is 113 Å². The van der Waals surface area contributed by atoms with Crippen LogP contribution < -0.4 is 10.9 Å². The average Bonchev–Trinajstić information content (AvgIpc) is 3.02. The molecule has 0 bridgehead atoms. The maximum atomic E-state index is 14.4. The molecule has 0 atom stereocenters. The molecule has 0 saturated heterocycles. The third kappa shape index (κ3) is 3.66. The predicted octanol–water partition coefficient (Wildman–Crippen LogP) is 3.95. The van der Waals surface area contributed by atoms with Gasteiger partial charge in [-0.2, -0.15) is 5.10 Å². The van der Waals surface area contributed by atoms with E-state index < -0.39 is 23.1 Å². The Labute approximate surface area is 164 Å². The highest BCUT2D eigenvalue weighted by molar-refractivity contribution is 5.96. The number of aromatic nitrogens is 4. The Kier molecular flexibility index (Phi) is 4.30. The standard InChI is InChI=1S/C20H18FN5O3/c1-20(2,3)29-19(28)24-18-22-13-8-7-10(9-14(13)23-18)16-15-11(17(27)26-25-16)5-4-6-12(15)21/h4-9H,1-3H3,(H,26,27)(H2,22,23,24,28). The van der Waals surface area contributed by atoms with Gasteiger partial charge in [0, 0.05) is 5.56 Å². The normalized spacial score (nSPS) is 11.7. The molecule has 0 radical (unpaired) electrons. The summed E-state index contributed by atoms with van der Waals surface area (Å²) in [5.41, 5.74) is 0.959. The van der Waals surface area contributed by atoms with E-state index in [1.807, 2.05) is 0 Å². The zero-order valence-corrected chi connectivity index (χ0v) is 16.0. The highest BCUT2D eigenvalue weighted by Gasteiger charge is 2.18. The van der Waals surface area contributed by atoms with Crippen LogP contribution in [-0.2, 0) is 4.74 Å². The van der Waals surface area contributed by atoms with Gasteiger partial charge in [-0.1, -0.05) is 12.1 Å². The Balaban J connectivity index is 1.74. The molecule has 0 aliphatic rings. The molecule has 0 aliphatic heterocycles. The van der Waals surface area contributed by atoms with Crippen molar-refractivity contribution in [2.75, 3.05) is 5.32 Å². The minimum absolute atomic E-state index is 0.137. The molecule has 1 amide bonds. The Bertz CT molecular complexity index is 1300. The summed E-state index contributed by atoms with van der Waals surface area (Å²) in [6.07, 6.45) is -0.632. The lowest BCUT2D eigenvalue weighted by atomic mass is 10.0. The summed E-state index contributed by atoms with van der Waals surface area (Å²) in [6.45, 7) is 5.29. The Morgan fingerprint density at radius 2 is 2.00 bits per heavy atom. The molecule has 29 heavy (non-hydrogen) atoms. The molecule has 0 saturated carbocycles. The van der Waals surface area contributed by atoms with Crippen LogP contribution in [0.4, 0.5) is 15.1 Å². The lowest BCUT2D eigenvalue weighted by molar-refractivity contribution is 0.0635. The number of nitrogens with one attached hydrogen (secondary N) is 3. The van der Waals surface area contributed by atoms with Gasteiger partial charge in [-0.25, -0.2) is 19.3 Å². The number of fused-ring (bicyclic) bond motifs is 2. The number of H-pyrrole nitrogens is 2. The lowest BCUT2D eigenvalue weighted by Crippen LogP contribution is -2.27. The van der Waals surface area contributed by atoms with E-state index in [0.717, 1.165) is 0 Å². The number of hydrogen-bond donors (Lipinski definition) is 3. The first-order valence-electron chi connectivity index (χ1n) is 8.88. The molecule has 2 aromatic heterocycles. The number of halogens is 1. The number of hydrogen-bond acceptors (Lipinski definition) is 5. The van der Waals surface area contributed by atoms with Crippen LogP contribution in [0.25, 0.3) is 33.1 Å². The second-order valence-electron chi connectivity index (χ2n) is 7.51. The second-order valence-corrected chi connectivity index (χ2v) is 7.51. The Hall–Kier alpha value is -3.75. The number of anilines is 1. The molecule has 0 fully saturated rings. The van der Waals surface area contributed by atoms with Crippen molar-refractivity contribution >= 4 is 33.8 Å². The van der Waals surface area contributed by atoms with E-state index in [1.165, 1.54) is 12.1 Å². The Morgan fingerprint density at radius 1 is 1.21 bits per heavy atom. The number of aromatic amines is 2. The van der Waals surface area contributed by atoms with Crippen molar-refractivity contribution in [2.24, 2.45) is 0 Å². The van der Waals surface area contributed by atoms with Crippen LogP contribution in [-0.4, -0.2) is 31.9 Å². The predicted molar refractivity (Wildman–Crippen MR) is 107 cm³/mol. The van der Waals surface area contributed by atoms with E-state index in [-0.39, 0.29) is 16.7 Å². The van der Waals surface area contributed by atoms with Crippen molar-refractivity contribution in [2.45, 2.75) is 26.4 Å². The summed E-state index contributed by atoms with van der Waals surface area (Å²) in [5.74, 6) is -0.317. The maximum absolute atomic E-state index is 14.4. The van der Waals surface area contributed by atoms with Gasteiger partial charge in [0.25, 0.3) is 5.56 Å². The molecule has 9 heteroatoms. The van der Waals surface area contributed by atoms with Gasteiger partial charge in [-0.05, 0) is 45.0 Å². The molecule has 0 aliphatic carbocycles. The minimum Gasteiger partial charge on any atom is -0.444 e. The van der Waals surface area contributed by atoms with Crippen LogP contribution in [0.1, 0.15) is 20.8 Å². The Morgan fingerprint density at radius 3 is 2.76 bits per heavy atom. The monoisotopic (exact) mass is 395 g/mol. The molecule has 0 spiro atoms. The molecule has 4 rings (SSSR count). The molecule has 148 valence electrons. The number of benzene rings is 2. The molecule has 3 N–H and O–H groups in total. The zero-order chi connectivity index (χ0) is 20.8. The molecule has 2 heterocycles. The molecule has 0 unspecified atom stereocenters. The fraction of sp³-hybridized carbons (Fsp3) is 0.200. The number of imidazole rings is 1. The number of amides is 1. The average molecular weight is 395 g/mol. The van der Waals surface area contributed by atoms with Gasteiger partial charge < -0.3 is 9.72 Å². The lowest BCUT2D eigenvalue weighted by Gasteiger charge is -2.18. The number of carbonyl (C=O) groups excluding carboxylic acids is 1. The van der Waals surface area contributed by atoms with E-state index in [2.05, 4.69) is 25.5 Å². The summed E-state index contributed by atoms with van der Waals surface area (Å²) < 4.78 is 19.6. The zero-order valence-electron chi connectivity index (χ0n) is 16.0. The van der Waals surface area contributed by atoms with Gasteiger partial charge in [0.15, 0.2) is 0 Å². The largest absolute Gasteiger partial charge is 0.444 e. The highest BCUT2D eigenvalue weighted by atomic mass is 19.1. The maximum Gasteiger partial charge on any atom is 0.414 e. The van der Waals surface area contributed by atoms with Crippen LogP contribution >= 0.6 is 0 Å². The van der Waals surface area contributed by atoms with Crippen molar-refractivity contribution in [3.05, 3.63) is 52.6 Å². The van der Waals surface area contributed by atoms with Crippen LogP contribution in [0.15, 0.2) is 41.2 Å². The van der Waals surface area contributed by atoms with E-state index in [1.54, 1.807) is 45.0 Å². The van der Waals surface area contributed by atoms with Gasteiger partial charge in [0.1, 0.15) is 17.1 Å². The molecular weight excluding hydrogens is 377 g/mol. The van der Waals surface area contributed by atoms with Crippen molar-refractivity contribution in [3.63, 3.8) is 0 Å². The number of nitrogens with zero attached hydrogens (tertiary/aromatic N) is 2. The first-order chi connectivity index (χ1) is 13.7. The van der Waals surface area contributed by atoms with Crippen LogP contribution in [0, 0.1) is 5.82 Å². The molecule has 4 aromatic rings. The SMILES string of the molecule is CC(C)(C)OC(=O)Nc1nc2cc(-c3n[nH]c(=O)c4cccc(F)c34)ccc2[nH]1. The van der Waals surface area contributed by atoms with Gasteiger partial charge in [0.05, 0.1) is 21.8 Å². The van der Waals surface area contributed by atoms with E-state index in [4.69, 9.17) is 4.74 Å². The first-order valence-corrected chi connectivity index (χ1v) is 8.88. The van der Waals surface area contributed by atoms with Crippen molar-refractivity contribution in [1.29, 1.82) is 0 Å². The van der Waals surface area contributed by atoms with E-state index >= 15 is 0 Å². The van der Waals surface area contributed by atoms with E-state index in [0.29, 0.717) is 22.3 Å². The van der Waals surface area contributed by atoms with Crippen LogP contribution in [0.2, 0.25) is 0 Å². The number of carbonyl (C=O) groups is 1. The molecule has 2 aromatic carbocycles. The van der Waals surface area contributed by atoms with Crippen molar-refractivity contribution < 1.29 is 13.9 Å². The van der Waals surface area contributed by atoms with Crippen LogP contribution in [0.5, 0.6) is 0 Å². The highest BCUT2D eigenvalue weighted by Crippen LogP contribution is 2.29. The number of ether oxygens (including phenoxy) is 1. The molecular formula is C20H18FN5O3. The smallest absolute Gasteiger partial charge is 0.414 e. The summed E-state index contributed by atoms with van der Waals surface area (Å²) in [7, 11) is 0. The van der Waals surface area contributed by atoms with Crippen LogP contribution in [0.3, 0.4) is 0 Å². The third-order valence-corrected chi connectivity index (χ3v) is 4.14. The number of rotatable bonds is 2. The van der Waals surface area contributed by atoms with E-state index in [9.17, 15) is 14.0 Å². The van der Waals surface area contributed by atoms with Crippen molar-refractivity contribution in [1.82, 2.24) is 20.2 Å². The third-order valence-electron chi connectivity index (χ3n) is 4.14. The summed E-state index contributed by atoms with van der Waals surface area (Å²) >= 11 is 0. The van der Waals surface area contributed by atoms with Gasteiger partial charge in [-0.15, -0.1) is 0 Å². The quantitative estimate of drug-likeness (QED) is 0.476. The fourth-order valence-corrected chi connectivity index (χ4v) is 3.00. The van der Waals surface area contributed by atoms with Gasteiger partial charge >= 0.3 is 6.09 Å². The second kappa shape index (κ2) is 6.69. The summed E-state index contributed by atoms with van der Waals surface area (Å²) in [6, 6.07) is 9.45. The van der Waals surface area contributed by atoms with Crippen molar-refractivity contribution in [3.8, 4) is 11.3 Å². The van der Waals surface area contributed by atoms with Gasteiger partial charge in [0.2, 0.25) is 5.95 Å². The fourth-order valence-electron chi connectivity index (χ4n) is 3.00. The van der Waals surface area contributed by atoms with Gasteiger partial charge in [-0.3, -0.25) is 10.1 Å². The summed E-state index contributed by atoms with van der Waals surface area (Å²) in [4.78, 5) is 31.2. The first kappa shape index (κ1) is 18.6. The minimum atomic E-state index is -0.635. The summed E-state index contributed by atoms with van der Waals surface area (Å²) in [5, 5.41) is 9.32. The molecule has 8 nitrogen and oxygen atoms in total.